The lowest BCUT2D eigenvalue weighted by Gasteiger charge is -2.34. The average Bonchev–Trinajstić information content (AvgIpc) is 3.57. The zero-order chi connectivity index (χ0) is 27.5. The molecule has 0 aliphatic carbocycles. The quantitative estimate of drug-likeness (QED) is 0.364. The number of hydrogen-bond donors (Lipinski definition) is 3. The van der Waals surface area contributed by atoms with E-state index in [2.05, 4.69) is 10.6 Å². The van der Waals surface area contributed by atoms with Crippen molar-refractivity contribution < 1.29 is 24.2 Å². The standard InChI is InChI=1S/C31H39N3O5/c1-2-30-16-17-31(39-30)25(24(30)27(36)32-20-22-12-6-3-7-13-22)29(38)34(18-10-5-11-19-35)26(31)28(37)33-21-23-14-8-4-9-15-23/h3-4,6-9,12-15,24-26,35H,2,5,10-11,16-21H2,1H3,(H,32,36)(H,33,37)/t24-,25+,26?,30+,31?/m1/s1. The van der Waals surface area contributed by atoms with Crippen LogP contribution in [0.2, 0.25) is 0 Å². The van der Waals surface area contributed by atoms with E-state index in [9.17, 15) is 19.5 Å². The van der Waals surface area contributed by atoms with Gasteiger partial charge < -0.3 is 25.4 Å². The van der Waals surface area contributed by atoms with E-state index >= 15 is 0 Å². The highest BCUT2D eigenvalue weighted by molar-refractivity contribution is 5.99. The van der Waals surface area contributed by atoms with Gasteiger partial charge in [0.05, 0.1) is 17.4 Å². The van der Waals surface area contributed by atoms with Crippen molar-refractivity contribution in [2.24, 2.45) is 11.8 Å². The topological polar surface area (TPSA) is 108 Å². The number of ether oxygens (including phenoxy) is 1. The molecule has 0 aromatic heterocycles. The molecule has 3 amide bonds. The van der Waals surface area contributed by atoms with Crippen LogP contribution >= 0.6 is 0 Å². The van der Waals surface area contributed by atoms with Gasteiger partial charge in [-0.3, -0.25) is 14.4 Å². The van der Waals surface area contributed by atoms with Gasteiger partial charge in [0, 0.05) is 26.2 Å². The summed E-state index contributed by atoms with van der Waals surface area (Å²) in [6, 6.07) is 18.6. The smallest absolute Gasteiger partial charge is 0.246 e. The van der Waals surface area contributed by atoms with Crippen LogP contribution in [0.25, 0.3) is 0 Å². The van der Waals surface area contributed by atoms with E-state index in [0.717, 1.165) is 17.5 Å². The van der Waals surface area contributed by atoms with Crippen LogP contribution in [0.15, 0.2) is 60.7 Å². The maximum absolute atomic E-state index is 14.1. The predicted octanol–water partition coefficient (Wildman–Crippen LogP) is 2.94. The monoisotopic (exact) mass is 533 g/mol. The minimum Gasteiger partial charge on any atom is -0.396 e. The zero-order valence-electron chi connectivity index (χ0n) is 22.6. The minimum absolute atomic E-state index is 0.0906. The molecule has 1 spiro atoms. The van der Waals surface area contributed by atoms with Crippen molar-refractivity contribution in [1.29, 1.82) is 0 Å². The van der Waals surface area contributed by atoms with Gasteiger partial charge in [0.25, 0.3) is 0 Å². The molecule has 39 heavy (non-hydrogen) atoms. The first kappa shape index (κ1) is 27.3. The van der Waals surface area contributed by atoms with Crippen molar-refractivity contribution in [2.75, 3.05) is 13.2 Å². The van der Waals surface area contributed by atoms with Crippen molar-refractivity contribution in [3.05, 3.63) is 71.8 Å². The van der Waals surface area contributed by atoms with Crippen LogP contribution in [0.4, 0.5) is 0 Å². The molecule has 5 atom stereocenters. The molecule has 3 saturated heterocycles. The van der Waals surface area contributed by atoms with E-state index in [0.29, 0.717) is 51.7 Å². The van der Waals surface area contributed by atoms with Crippen LogP contribution in [0.3, 0.4) is 0 Å². The Bertz CT molecular complexity index is 1180. The number of fused-ring (bicyclic) bond motifs is 1. The Labute approximate surface area is 230 Å². The molecule has 5 rings (SSSR count). The molecule has 3 aliphatic rings. The number of carbonyl (C=O) groups is 3. The summed E-state index contributed by atoms with van der Waals surface area (Å²) in [5, 5.41) is 15.3. The second kappa shape index (κ2) is 11.5. The third kappa shape index (κ3) is 4.96. The number of benzene rings is 2. The van der Waals surface area contributed by atoms with Crippen LogP contribution in [-0.4, -0.2) is 58.1 Å². The van der Waals surface area contributed by atoms with Crippen LogP contribution in [0, 0.1) is 11.8 Å². The van der Waals surface area contributed by atoms with Gasteiger partial charge in [0.1, 0.15) is 11.6 Å². The van der Waals surface area contributed by atoms with Gasteiger partial charge in [-0.15, -0.1) is 0 Å². The highest BCUT2D eigenvalue weighted by atomic mass is 16.5. The van der Waals surface area contributed by atoms with E-state index in [1.165, 1.54) is 0 Å². The number of carbonyl (C=O) groups excluding carboxylic acids is 3. The first-order chi connectivity index (χ1) is 19.0. The third-order valence-electron chi connectivity index (χ3n) is 8.89. The highest BCUT2D eigenvalue weighted by Gasteiger charge is 2.78. The fourth-order valence-corrected chi connectivity index (χ4v) is 7.00. The van der Waals surface area contributed by atoms with Gasteiger partial charge in [-0.25, -0.2) is 0 Å². The van der Waals surface area contributed by atoms with Crippen molar-refractivity contribution in [1.82, 2.24) is 15.5 Å². The second-order valence-electron chi connectivity index (χ2n) is 11.1. The molecule has 0 radical (unpaired) electrons. The van der Waals surface area contributed by atoms with Crippen molar-refractivity contribution in [2.45, 2.75) is 75.8 Å². The van der Waals surface area contributed by atoms with E-state index in [-0.39, 0.29) is 24.3 Å². The number of rotatable bonds is 12. The fourth-order valence-electron chi connectivity index (χ4n) is 7.00. The van der Waals surface area contributed by atoms with Crippen molar-refractivity contribution >= 4 is 17.7 Å². The van der Waals surface area contributed by atoms with E-state index in [4.69, 9.17) is 4.74 Å². The number of nitrogens with zero attached hydrogens (tertiary/aromatic N) is 1. The largest absolute Gasteiger partial charge is 0.396 e. The lowest BCUT2D eigenvalue weighted by Crippen LogP contribution is -2.55. The maximum atomic E-state index is 14.1. The predicted molar refractivity (Wildman–Crippen MR) is 146 cm³/mol. The Morgan fingerprint density at radius 1 is 0.923 bits per heavy atom. The molecule has 2 aromatic rings. The molecule has 208 valence electrons. The second-order valence-corrected chi connectivity index (χ2v) is 11.1. The first-order valence-electron chi connectivity index (χ1n) is 14.2. The normalized spacial score (nSPS) is 28.9. The van der Waals surface area contributed by atoms with Gasteiger partial charge in [-0.2, -0.15) is 0 Å². The highest BCUT2D eigenvalue weighted by Crippen LogP contribution is 2.64. The molecule has 8 nitrogen and oxygen atoms in total. The number of unbranched alkanes of at least 4 members (excludes halogenated alkanes) is 2. The summed E-state index contributed by atoms with van der Waals surface area (Å²) in [5.74, 6) is -1.96. The van der Waals surface area contributed by atoms with Crippen LogP contribution < -0.4 is 10.6 Å². The van der Waals surface area contributed by atoms with Gasteiger partial charge in [0.15, 0.2) is 0 Å². The Kier molecular flexibility index (Phi) is 8.05. The summed E-state index contributed by atoms with van der Waals surface area (Å²) in [6.07, 6.45) is 3.85. The summed E-state index contributed by atoms with van der Waals surface area (Å²) in [7, 11) is 0. The molecule has 2 bridgehead atoms. The fraction of sp³-hybridized carbons (Fsp3) is 0.516. The molecule has 8 heteroatoms. The molecule has 3 fully saturated rings. The number of likely N-dealkylation sites (tertiary alicyclic amines) is 1. The minimum atomic E-state index is -1.03. The summed E-state index contributed by atoms with van der Waals surface area (Å²) in [4.78, 5) is 43.4. The number of aliphatic hydroxyl groups excluding tert-OH is 1. The molecule has 3 aliphatic heterocycles. The molecular weight excluding hydrogens is 494 g/mol. The van der Waals surface area contributed by atoms with Gasteiger partial charge >= 0.3 is 0 Å². The molecule has 2 aromatic carbocycles. The van der Waals surface area contributed by atoms with Crippen molar-refractivity contribution in [3.8, 4) is 0 Å². The molecule has 3 heterocycles. The molecule has 2 unspecified atom stereocenters. The Hall–Kier alpha value is -3.23. The lowest BCUT2D eigenvalue weighted by atomic mass is 9.65. The zero-order valence-corrected chi connectivity index (χ0v) is 22.6. The summed E-state index contributed by atoms with van der Waals surface area (Å²) in [6.45, 7) is 3.20. The number of amides is 3. The number of hydrogen-bond acceptors (Lipinski definition) is 5. The number of nitrogens with one attached hydrogen (secondary N) is 2. The van der Waals surface area contributed by atoms with Crippen LogP contribution in [-0.2, 0) is 32.2 Å². The average molecular weight is 534 g/mol. The molecular formula is C31H39N3O5. The van der Waals surface area contributed by atoms with Crippen LogP contribution in [0.1, 0.15) is 56.6 Å². The molecule has 3 N–H and O–H groups in total. The Balaban J connectivity index is 1.42. The van der Waals surface area contributed by atoms with Gasteiger partial charge in [-0.05, 0) is 49.7 Å². The molecule has 0 saturated carbocycles. The first-order valence-corrected chi connectivity index (χ1v) is 14.2. The maximum Gasteiger partial charge on any atom is 0.246 e. The van der Waals surface area contributed by atoms with Crippen LogP contribution in [0.5, 0.6) is 0 Å². The summed E-state index contributed by atoms with van der Waals surface area (Å²) >= 11 is 0. The van der Waals surface area contributed by atoms with Gasteiger partial charge in [-0.1, -0.05) is 67.6 Å². The summed E-state index contributed by atoms with van der Waals surface area (Å²) < 4.78 is 6.80. The van der Waals surface area contributed by atoms with E-state index < -0.39 is 29.1 Å². The van der Waals surface area contributed by atoms with Crippen molar-refractivity contribution in [3.63, 3.8) is 0 Å². The Morgan fingerprint density at radius 3 is 2.13 bits per heavy atom. The SMILES string of the molecule is CC[C@@]12CCC3(O1)C(C(=O)NCc1ccccc1)N(CCCCCO)C(=O)[C@@H]3[C@@H]2C(=O)NCc1ccccc1. The Morgan fingerprint density at radius 2 is 1.54 bits per heavy atom. The van der Waals surface area contributed by atoms with Gasteiger partial charge in [0.2, 0.25) is 17.7 Å². The lowest BCUT2D eigenvalue weighted by molar-refractivity contribution is -0.147. The van der Waals surface area contributed by atoms with E-state index in [1.807, 2.05) is 67.6 Å². The number of aliphatic hydroxyl groups is 1. The van der Waals surface area contributed by atoms with E-state index in [1.54, 1.807) is 4.90 Å². The third-order valence-corrected chi connectivity index (χ3v) is 8.89. The summed E-state index contributed by atoms with van der Waals surface area (Å²) in [5.41, 5.74) is 0.164.